The number of nitrogens with zero attached hydrogens (tertiary/aromatic N) is 1. The van der Waals surface area contributed by atoms with Crippen LogP contribution < -0.4 is 10.7 Å². The molecule has 0 spiro atoms. The van der Waals surface area contributed by atoms with E-state index in [1.54, 1.807) is 0 Å². The van der Waals surface area contributed by atoms with Crippen molar-refractivity contribution in [2.24, 2.45) is 5.92 Å². The van der Waals surface area contributed by atoms with Gasteiger partial charge in [-0.1, -0.05) is 13.8 Å². The number of amides is 1. The average molecular weight is 229 g/mol. The van der Waals surface area contributed by atoms with E-state index >= 15 is 0 Å². The third-order valence-corrected chi connectivity index (χ3v) is 2.47. The fraction of sp³-hybridized carbons (Fsp3) is 0.909. The molecular formula is C11H23N3O2. The predicted molar refractivity (Wildman–Crippen MR) is 62.8 cm³/mol. The number of carbonyl (C=O) groups excluding carboxylic acids is 1. The number of hydrazine groups is 1. The standard InChI is InChI=1S/C11H23N3O2/c1-9(2)8-12-11(15)10(3)13-14-4-6-16-7-5-14/h9-10,13H,4-8H2,1-3H3,(H,12,15). The monoisotopic (exact) mass is 229 g/mol. The summed E-state index contributed by atoms with van der Waals surface area (Å²) in [4.78, 5) is 11.7. The van der Waals surface area contributed by atoms with Crippen molar-refractivity contribution < 1.29 is 9.53 Å². The summed E-state index contributed by atoms with van der Waals surface area (Å²) in [5.41, 5.74) is 3.18. The largest absolute Gasteiger partial charge is 0.379 e. The lowest BCUT2D eigenvalue weighted by Gasteiger charge is -2.29. The SMILES string of the molecule is CC(C)CNC(=O)C(C)NN1CCOCC1. The molecule has 1 unspecified atom stereocenters. The van der Waals surface area contributed by atoms with Gasteiger partial charge in [0.1, 0.15) is 0 Å². The number of carbonyl (C=O) groups is 1. The molecule has 2 N–H and O–H groups in total. The maximum atomic E-state index is 11.7. The number of hydrogen-bond donors (Lipinski definition) is 2. The van der Waals surface area contributed by atoms with E-state index < -0.39 is 0 Å². The number of ether oxygens (including phenoxy) is 1. The van der Waals surface area contributed by atoms with Gasteiger partial charge >= 0.3 is 0 Å². The Morgan fingerprint density at radius 1 is 1.31 bits per heavy atom. The molecule has 1 heterocycles. The molecule has 94 valence electrons. The minimum Gasteiger partial charge on any atom is -0.379 e. The first-order valence-electron chi connectivity index (χ1n) is 5.96. The second-order valence-electron chi connectivity index (χ2n) is 4.59. The van der Waals surface area contributed by atoms with E-state index in [9.17, 15) is 4.79 Å². The summed E-state index contributed by atoms with van der Waals surface area (Å²) in [6, 6.07) is -0.183. The Morgan fingerprint density at radius 3 is 2.50 bits per heavy atom. The van der Waals surface area contributed by atoms with Gasteiger partial charge in [-0.3, -0.25) is 4.79 Å². The van der Waals surface area contributed by atoms with Crippen molar-refractivity contribution in [3.63, 3.8) is 0 Å². The zero-order chi connectivity index (χ0) is 12.0. The van der Waals surface area contributed by atoms with Crippen molar-refractivity contribution in [3.8, 4) is 0 Å². The van der Waals surface area contributed by atoms with Crippen LogP contribution in [0.4, 0.5) is 0 Å². The molecule has 1 amide bonds. The first kappa shape index (κ1) is 13.4. The van der Waals surface area contributed by atoms with Crippen LogP contribution in [0.5, 0.6) is 0 Å². The van der Waals surface area contributed by atoms with Crippen molar-refractivity contribution in [1.82, 2.24) is 15.8 Å². The van der Waals surface area contributed by atoms with Crippen molar-refractivity contribution in [2.75, 3.05) is 32.8 Å². The van der Waals surface area contributed by atoms with Gasteiger partial charge in [0.05, 0.1) is 19.3 Å². The molecule has 5 heteroatoms. The van der Waals surface area contributed by atoms with E-state index in [1.165, 1.54) is 0 Å². The fourth-order valence-corrected chi connectivity index (χ4v) is 1.48. The van der Waals surface area contributed by atoms with Crippen molar-refractivity contribution >= 4 is 5.91 Å². The molecule has 0 aromatic heterocycles. The summed E-state index contributed by atoms with van der Waals surface area (Å²) in [5, 5.41) is 4.96. The van der Waals surface area contributed by atoms with Crippen LogP contribution >= 0.6 is 0 Å². The highest BCUT2D eigenvalue weighted by Crippen LogP contribution is 1.95. The summed E-state index contributed by atoms with van der Waals surface area (Å²) in [6.07, 6.45) is 0. The first-order chi connectivity index (χ1) is 7.59. The normalized spacial score (nSPS) is 19.8. The van der Waals surface area contributed by atoms with Crippen LogP contribution in [0.25, 0.3) is 0 Å². The van der Waals surface area contributed by atoms with Gasteiger partial charge in [-0.15, -0.1) is 0 Å². The Balaban J connectivity index is 2.21. The van der Waals surface area contributed by atoms with Gasteiger partial charge in [0.15, 0.2) is 0 Å². The highest BCUT2D eigenvalue weighted by atomic mass is 16.5. The molecule has 5 nitrogen and oxygen atoms in total. The number of hydrogen-bond acceptors (Lipinski definition) is 4. The van der Waals surface area contributed by atoms with Crippen LogP contribution in [0.2, 0.25) is 0 Å². The van der Waals surface area contributed by atoms with Crippen LogP contribution in [-0.4, -0.2) is 49.8 Å². The van der Waals surface area contributed by atoms with Gasteiger partial charge in [-0.25, -0.2) is 10.4 Å². The number of nitrogens with one attached hydrogen (secondary N) is 2. The Bertz CT molecular complexity index is 215. The lowest BCUT2D eigenvalue weighted by molar-refractivity contribution is -0.125. The van der Waals surface area contributed by atoms with Crippen LogP contribution in [0, 0.1) is 5.92 Å². The summed E-state index contributed by atoms with van der Waals surface area (Å²) < 4.78 is 5.24. The lowest BCUT2D eigenvalue weighted by Crippen LogP contribution is -2.54. The van der Waals surface area contributed by atoms with E-state index in [0.29, 0.717) is 5.92 Å². The Labute approximate surface area is 97.5 Å². The van der Waals surface area contributed by atoms with E-state index in [-0.39, 0.29) is 11.9 Å². The number of morpholine rings is 1. The molecule has 16 heavy (non-hydrogen) atoms. The topological polar surface area (TPSA) is 53.6 Å². The Hall–Kier alpha value is -0.650. The molecule has 0 bridgehead atoms. The molecule has 0 aromatic carbocycles. The highest BCUT2D eigenvalue weighted by molar-refractivity contribution is 5.81. The maximum Gasteiger partial charge on any atom is 0.238 e. The summed E-state index contributed by atoms with van der Waals surface area (Å²) >= 11 is 0. The van der Waals surface area contributed by atoms with Crippen molar-refractivity contribution in [3.05, 3.63) is 0 Å². The van der Waals surface area contributed by atoms with Crippen molar-refractivity contribution in [2.45, 2.75) is 26.8 Å². The average Bonchev–Trinajstić information content (AvgIpc) is 2.27. The number of rotatable bonds is 5. The van der Waals surface area contributed by atoms with Crippen LogP contribution in [0.3, 0.4) is 0 Å². The van der Waals surface area contributed by atoms with Crippen LogP contribution in [0.1, 0.15) is 20.8 Å². The van der Waals surface area contributed by atoms with Gasteiger partial charge in [-0.2, -0.15) is 0 Å². The van der Waals surface area contributed by atoms with E-state index in [2.05, 4.69) is 24.6 Å². The summed E-state index contributed by atoms with van der Waals surface area (Å²) in [5.74, 6) is 0.541. The second-order valence-corrected chi connectivity index (χ2v) is 4.59. The fourth-order valence-electron chi connectivity index (χ4n) is 1.48. The lowest BCUT2D eigenvalue weighted by atomic mass is 10.2. The van der Waals surface area contributed by atoms with Crippen LogP contribution in [0.15, 0.2) is 0 Å². The molecule has 1 aliphatic heterocycles. The van der Waals surface area contributed by atoms with Crippen molar-refractivity contribution in [1.29, 1.82) is 0 Å². The van der Waals surface area contributed by atoms with Gasteiger partial charge in [0, 0.05) is 19.6 Å². The zero-order valence-corrected chi connectivity index (χ0v) is 10.5. The second kappa shape index (κ2) is 6.83. The third-order valence-electron chi connectivity index (χ3n) is 2.47. The Morgan fingerprint density at radius 2 is 1.94 bits per heavy atom. The summed E-state index contributed by atoms with van der Waals surface area (Å²) in [6.45, 7) is 9.91. The van der Waals surface area contributed by atoms with Gasteiger partial charge in [0.2, 0.25) is 5.91 Å². The first-order valence-corrected chi connectivity index (χ1v) is 5.96. The van der Waals surface area contributed by atoms with Gasteiger partial charge in [-0.05, 0) is 12.8 Å². The quantitative estimate of drug-likeness (QED) is 0.696. The third kappa shape index (κ3) is 4.92. The maximum absolute atomic E-state index is 11.7. The molecule has 1 fully saturated rings. The predicted octanol–water partition coefficient (Wildman–Crippen LogP) is -0.0161. The van der Waals surface area contributed by atoms with Gasteiger partial charge < -0.3 is 10.1 Å². The zero-order valence-electron chi connectivity index (χ0n) is 10.5. The minimum absolute atomic E-state index is 0.0557. The van der Waals surface area contributed by atoms with E-state index in [1.807, 2.05) is 11.9 Å². The summed E-state index contributed by atoms with van der Waals surface area (Å²) in [7, 11) is 0. The molecule has 0 radical (unpaired) electrons. The molecule has 1 atom stereocenters. The minimum atomic E-state index is -0.183. The molecule has 0 aromatic rings. The highest BCUT2D eigenvalue weighted by Gasteiger charge is 2.17. The molecular weight excluding hydrogens is 206 g/mol. The van der Waals surface area contributed by atoms with E-state index in [4.69, 9.17) is 4.74 Å². The van der Waals surface area contributed by atoms with E-state index in [0.717, 1.165) is 32.8 Å². The molecule has 0 aliphatic carbocycles. The van der Waals surface area contributed by atoms with Gasteiger partial charge in [0.25, 0.3) is 0 Å². The molecule has 0 saturated carbocycles. The van der Waals surface area contributed by atoms with Crippen LogP contribution in [-0.2, 0) is 9.53 Å². The molecule has 1 rings (SSSR count). The smallest absolute Gasteiger partial charge is 0.238 e. The molecule has 1 aliphatic rings. The molecule has 1 saturated heterocycles. The Kier molecular flexibility index (Phi) is 5.73.